The van der Waals surface area contributed by atoms with Gasteiger partial charge in [-0.1, -0.05) is 38.1 Å². The van der Waals surface area contributed by atoms with Crippen LogP contribution in [0, 0.1) is 11.7 Å². The zero-order valence-electron chi connectivity index (χ0n) is 11.7. The second kappa shape index (κ2) is 5.08. The number of benzene rings is 2. The highest BCUT2D eigenvalue weighted by Gasteiger charge is 2.15. The highest BCUT2D eigenvalue weighted by atomic mass is 19.1. The molecule has 0 fully saturated rings. The Kier molecular flexibility index (Phi) is 3.26. The van der Waals surface area contributed by atoms with Crippen LogP contribution >= 0.6 is 0 Å². The summed E-state index contributed by atoms with van der Waals surface area (Å²) in [5.41, 5.74) is 2.52. The lowest BCUT2D eigenvalue weighted by atomic mass is 10.1. The van der Waals surface area contributed by atoms with Crippen molar-refractivity contribution < 1.29 is 4.39 Å². The van der Waals surface area contributed by atoms with Gasteiger partial charge in [0.15, 0.2) is 0 Å². The molecule has 0 N–H and O–H groups in total. The molecule has 0 aliphatic rings. The monoisotopic (exact) mass is 268 g/mol. The lowest BCUT2D eigenvalue weighted by Gasteiger charge is -2.12. The SMILES string of the molecule is CC(C)Cn1c(-c2ccccc2F)nc2ccccc21. The van der Waals surface area contributed by atoms with Crippen LogP contribution < -0.4 is 0 Å². The van der Waals surface area contributed by atoms with Crippen LogP contribution in [0.4, 0.5) is 4.39 Å². The number of para-hydroxylation sites is 2. The number of fused-ring (bicyclic) bond motifs is 1. The predicted octanol–water partition coefficient (Wildman–Crippen LogP) is 4.50. The van der Waals surface area contributed by atoms with Crippen molar-refractivity contribution in [3.8, 4) is 11.4 Å². The topological polar surface area (TPSA) is 17.8 Å². The molecule has 3 heteroatoms. The lowest BCUT2D eigenvalue weighted by Crippen LogP contribution is -2.06. The van der Waals surface area contributed by atoms with Crippen molar-refractivity contribution in [1.29, 1.82) is 0 Å². The quantitative estimate of drug-likeness (QED) is 0.684. The van der Waals surface area contributed by atoms with E-state index in [9.17, 15) is 4.39 Å². The molecule has 2 aromatic carbocycles. The summed E-state index contributed by atoms with van der Waals surface area (Å²) in [6.45, 7) is 5.13. The summed E-state index contributed by atoms with van der Waals surface area (Å²) in [7, 11) is 0. The largest absolute Gasteiger partial charge is 0.324 e. The van der Waals surface area contributed by atoms with Gasteiger partial charge in [0.25, 0.3) is 0 Å². The number of halogens is 1. The third kappa shape index (κ3) is 2.20. The van der Waals surface area contributed by atoms with Gasteiger partial charge in [-0.3, -0.25) is 0 Å². The standard InChI is InChI=1S/C17H17FN2/c1-12(2)11-20-16-10-6-5-9-15(16)19-17(20)13-7-3-4-8-14(13)18/h3-10,12H,11H2,1-2H3. The third-order valence-corrected chi connectivity index (χ3v) is 3.32. The molecule has 102 valence electrons. The molecule has 3 rings (SSSR count). The summed E-state index contributed by atoms with van der Waals surface area (Å²) in [6.07, 6.45) is 0. The normalized spacial score (nSPS) is 11.4. The number of imidazole rings is 1. The Labute approximate surface area is 117 Å². The van der Waals surface area contributed by atoms with Crippen LogP contribution in [0.1, 0.15) is 13.8 Å². The third-order valence-electron chi connectivity index (χ3n) is 3.32. The maximum absolute atomic E-state index is 14.1. The Morgan fingerprint density at radius 2 is 1.75 bits per heavy atom. The molecule has 0 radical (unpaired) electrons. The second-order valence-corrected chi connectivity index (χ2v) is 5.41. The number of nitrogens with zero attached hydrogens (tertiary/aromatic N) is 2. The van der Waals surface area contributed by atoms with E-state index in [1.54, 1.807) is 12.1 Å². The van der Waals surface area contributed by atoms with E-state index in [0.29, 0.717) is 17.3 Å². The Morgan fingerprint density at radius 1 is 1.05 bits per heavy atom. The molecule has 0 saturated carbocycles. The van der Waals surface area contributed by atoms with Crippen molar-refractivity contribution >= 4 is 11.0 Å². The average molecular weight is 268 g/mol. The minimum absolute atomic E-state index is 0.229. The molecule has 20 heavy (non-hydrogen) atoms. The van der Waals surface area contributed by atoms with E-state index in [1.165, 1.54) is 6.07 Å². The second-order valence-electron chi connectivity index (χ2n) is 5.41. The molecule has 0 amide bonds. The summed E-state index contributed by atoms with van der Waals surface area (Å²) in [5, 5.41) is 0. The average Bonchev–Trinajstić information content (AvgIpc) is 2.78. The molecule has 0 bridgehead atoms. The summed E-state index contributed by atoms with van der Waals surface area (Å²) in [5.74, 6) is 0.948. The minimum Gasteiger partial charge on any atom is -0.324 e. The Balaban J connectivity index is 2.26. The molecule has 3 aromatic rings. The molecular weight excluding hydrogens is 251 g/mol. The van der Waals surface area contributed by atoms with Crippen LogP contribution in [0.15, 0.2) is 48.5 Å². The van der Waals surface area contributed by atoms with Crippen LogP contribution in [-0.2, 0) is 6.54 Å². The van der Waals surface area contributed by atoms with Crippen molar-refractivity contribution in [3.05, 3.63) is 54.3 Å². The van der Waals surface area contributed by atoms with Gasteiger partial charge in [0.1, 0.15) is 11.6 Å². The van der Waals surface area contributed by atoms with E-state index in [0.717, 1.165) is 17.6 Å². The first-order chi connectivity index (χ1) is 9.66. The summed E-state index contributed by atoms with van der Waals surface area (Å²) >= 11 is 0. The predicted molar refractivity (Wildman–Crippen MR) is 80.0 cm³/mol. The Hall–Kier alpha value is -2.16. The Bertz CT molecular complexity index is 744. The fraction of sp³-hybridized carbons (Fsp3) is 0.235. The van der Waals surface area contributed by atoms with E-state index in [-0.39, 0.29) is 5.82 Å². The summed E-state index contributed by atoms with van der Waals surface area (Å²) in [4.78, 5) is 4.62. The molecule has 0 saturated heterocycles. The molecule has 0 aliphatic carbocycles. The zero-order chi connectivity index (χ0) is 14.1. The fourth-order valence-electron chi connectivity index (χ4n) is 2.47. The van der Waals surface area contributed by atoms with E-state index in [2.05, 4.69) is 23.4 Å². The first-order valence-electron chi connectivity index (χ1n) is 6.87. The van der Waals surface area contributed by atoms with Crippen LogP contribution in [0.2, 0.25) is 0 Å². The maximum atomic E-state index is 14.1. The van der Waals surface area contributed by atoms with Crippen molar-refractivity contribution in [3.63, 3.8) is 0 Å². The van der Waals surface area contributed by atoms with Crippen molar-refractivity contribution in [1.82, 2.24) is 9.55 Å². The summed E-state index contributed by atoms with van der Waals surface area (Å²) < 4.78 is 16.2. The molecular formula is C17H17FN2. The van der Waals surface area contributed by atoms with E-state index in [4.69, 9.17) is 0 Å². The number of rotatable bonds is 3. The van der Waals surface area contributed by atoms with Crippen LogP contribution in [0.25, 0.3) is 22.4 Å². The van der Waals surface area contributed by atoms with Gasteiger partial charge in [0, 0.05) is 6.54 Å². The molecule has 0 unspecified atom stereocenters. The van der Waals surface area contributed by atoms with Gasteiger partial charge in [-0.25, -0.2) is 9.37 Å². The molecule has 1 heterocycles. The van der Waals surface area contributed by atoms with Crippen molar-refractivity contribution in [2.75, 3.05) is 0 Å². The van der Waals surface area contributed by atoms with E-state index in [1.807, 2.05) is 30.3 Å². The maximum Gasteiger partial charge on any atom is 0.144 e. The van der Waals surface area contributed by atoms with E-state index < -0.39 is 0 Å². The summed E-state index contributed by atoms with van der Waals surface area (Å²) in [6, 6.07) is 14.8. The Morgan fingerprint density at radius 3 is 2.50 bits per heavy atom. The molecule has 0 aliphatic heterocycles. The zero-order valence-corrected chi connectivity index (χ0v) is 11.7. The van der Waals surface area contributed by atoms with Gasteiger partial charge in [-0.05, 0) is 30.2 Å². The first kappa shape index (κ1) is 12.9. The highest BCUT2D eigenvalue weighted by Crippen LogP contribution is 2.27. The molecule has 2 nitrogen and oxygen atoms in total. The van der Waals surface area contributed by atoms with Gasteiger partial charge >= 0.3 is 0 Å². The minimum atomic E-state index is -0.229. The van der Waals surface area contributed by atoms with Gasteiger partial charge < -0.3 is 4.57 Å². The van der Waals surface area contributed by atoms with Gasteiger partial charge in [-0.15, -0.1) is 0 Å². The van der Waals surface area contributed by atoms with Gasteiger partial charge in [0.05, 0.1) is 16.6 Å². The van der Waals surface area contributed by atoms with Crippen LogP contribution in [0.5, 0.6) is 0 Å². The van der Waals surface area contributed by atoms with Crippen molar-refractivity contribution in [2.24, 2.45) is 5.92 Å². The fourth-order valence-corrected chi connectivity index (χ4v) is 2.47. The van der Waals surface area contributed by atoms with Crippen LogP contribution in [0.3, 0.4) is 0 Å². The highest BCUT2D eigenvalue weighted by molar-refractivity contribution is 5.80. The van der Waals surface area contributed by atoms with Gasteiger partial charge in [0.2, 0.25) is 0 Å². The van der Waals surface area contributed by atoms with Crippen molar-refractivity contribution in [2.45, 2.75) is 20.4 Å². The number of hydrogen-bond acceptors (Lipinski definition) is 1. The molecule has 1 aromatic heterocycles. The number of aromatic nitrogens is 2. The smallest absolute Gasteiger partial charge is 0.144 e. The first-order valence-corrected chi connectivity index (χ1v) is 6.87. The molecule has 0 spiro atoms. The lowest BCUT2D eigenvalue weighted by molar-refractivity contribution is 0.534. The molecule has 0 atom stereocenters. The van der Waals surface area contributed by atoms with Crippen LogP contribution in [-0.4, -0.2) is 9.55 Å². The van der Waals surface area contributed by atoms with E-state index >= 15 is 0 Å². The van der Waals surface area contributed by atoms with Gasteiger partial charge in [-0.2, -0.15) is 0 Å². The number of hydrogen-bond donors (Lipinski definition) is 0.